The number of rotatable bonds is 3. The smallest absolute Gasteiger partial charge is 0.317 e. The number of likely N-dealkylation sites (tertiary alicyclic amines) is 1. The lowest BCUT2D eigenvalue weighted by Crippen LogP contribution is -2.53. The Kier molecular flexibility index (Phi) is 4.43. The van der Waals surface area contributed by atoms with Gasteiger partial charge in [0.1, 0.15) is 0 Å². The third kappa shape index (κ3) is 3.19. The van der Waals surface area contributed by atoms with Gasteiger partial charge in [-0.15, -0.1) is 0 Å². The van der Waals surface area contributed by atoms with E-state index >= 15 is 0 Å². The molecule has 3 N–H and O–H groups in total. The van der Waals surface area contributed by atoms with E-state index in [1.165, 1.54) is 4.90 Å². The number of urea groups is 1. The number of carbonyl (C=O) groups excluding carboxylic acids is 1. The van der Waals surface area contributed by atoms with E-state index < -0.39 is 23.8 Å². The van der Waals surface area contributed by atoms with E-state index in [9.17, 15) is 14.4 Å². The van der Waals surface area contributed by atoms with E-state index in [0.717, 1.165) is 6.42 Å². The number of carboxylic acids is 2. The molecule has 0 bridgehead atoms. The van der Waals surface area contributed by atoms with Crippen LogP contribution in [0.2, 0.25) is 0 Å². The topological polar surface area (TPSA) is 116 Å². The van der Waals surface area contributed by atoms with Crippen molar-refractivity contribution in [1.29, 1.82) is 0 Å². The summed E-state index contributed by atoms with van der Waals surface area (Å²) in [5.41, 5.74) is 0. The van der Waals surface area contributed by atoms with Crippen molar-refractivity contribution >= 4 is 18.0 Å². The fraction of sp³-hybridized carbons (Fsp3) is 0.750. The molecule has 2 rings (SSSR count). The zero-order valence-corrected chi connectivity index (χ0v) is 10.9. The first-order valence-corrected chi connectivity index (χ1v) is 6.58. The van der Waals surface area contributed by atoms with E-state index in [4.69, 9.17) is 14.9 Å². The molecule has 3 unspecified atom stereocenters. The lowest BCUT2D eigenvalue weighted by molar-refractivity contribution is -0.156. The van der Waals surface area contributed by atoms with Crippen LogP contribution >= 0.6 is 0 Å². The summed E-state index contributed by atoms with van der Waals surface area (Å²) in [6.45, 7) is 1.23. The minimum absolute atomic E-state index is 0.0528. The fourth-order valence-corrected chi connectivity index (χ4v) is 2.60. The van der Waals surface area contributed by atoms with Crippen molar-refractivity contribution in [3.8, 4) is 0 Å². The normalized spacial score (nSPS) is 30.0. The molecule has 2 heterocycles. The third-order valence-electron chi connectivity index (χ3n) is 3.79. The summed E-state index contributed by atoms with van der Waals surface area (Å²) in [4.78, 5) is 35.6. The first-order valence-electron chi connectivity index (χ1n) is 6.58. The number of nitrogens with zero attached hydrogens (tertiary/aromatic N) is 1. The zero-order chi connectivity index (χ0) is 14.7. The van der Waals surface area contributed by atoms with Crippen LogP contribution in [0.3, 0.4) is 0 Å². The Hall–Kier alpha value is -1.83. The van der Waals surface area contributed by atoms with Crippen LogP contribution in [0.5, 0.6) is 0 Å². The molecular formula is C12H18N2O6. The van der Waals surface area contributed by atoms with Crippen molar-refractivity contribution in [2.24, 2.45) is 11.8 Å². The van der Waals surface area contributed by atoms with Crippen LogP contribution < -0.4 is 5.32 Å². The molecule has 0 aromatic carbocycles. The summed E-state index contributed by atoms with van der Waals surface area (Å²) < 4.78 is 5.15. The van der Waals surface area contributed by atoms with Crippen molar-refractivity contribution in [3.05, 3.63) is 0 Å². The second-order valence-corrected chi connectivity index (χ2v) is 5.13. The Morgan fingerprint density at radius 3 is 2.35 bits per heavy atom. The van der Waals surface area contributed by atoms with Crippen LogP contribution in [-0.2, 0) is 14.3 Å². The highest BCUT2D eigenvalue weighted by Gasteiger charge is 2.40. The van der Waals surface area contributed by atoms with Crippen molar-refractivity contribution in [2.75, 3.05) is 26.3 Å². The second kappa shape index (κ2) is 6.08. The minimum atomic E-state index is -1.18. The average molecular weight is 286 g/mol. The molecule has 8 heteroatoms. The maximum atomic E-state index is 12.0. The van der Waals surface area contributed by atoms with Crippen LogP contribution in [0.4, 0.5) is 4.79 Å². The predicted octanol–water partition coefficient (Wildman–Crippen LogP) is -0.408. The first kappa shape index (κ1) is 14.6. The van der Waals surface area contributed by atoms with E-state index in [1.807, 2.05) is 0 Å². The van der Waals surface area contributed by atoms with Crippen LogP contribution in [-0.4, -0.2) is 65.4 Å². The van der Waals surface area contributed by atoms with E-state index in [0.29, 0.717) is 13.2 Å². The lowest BCUT2D eigenvalue weighted by atomic mass is 9.85. The van der Waals surface area contributed by atoms with Crippen molar-refractivity contribution < 1.29 is 29.3 Å². The molecule has 0 saturated carbocycles. The number of hydrogen-bond acceptors (Lipinski definition) is 4. The highest BCUT2D eigenvalue weighted by atomic mass is 16.5. The Bertz CT molecular complexity index is 407. The Morgan fingerprint density at radius 2 is 1.80 bits per heavy atom. The molecule has 2 saturated heterocycles. The number of carboxylic acid groups (broad SMARTS) is 2. The number of carbonyl (C=O) groups is 3. The average Bonchev–Trinajstić information content (AvgIpc) is 2.90. The minimum Gasteiger partial charge on any atom is -0.481 e. The molecule has 8 nitrogen and oxygen atoms in total. The quantitative estimate of drug-likeness (QED) is 0.649. The van der Waals surface area contributed by atoms with Gasteiger partial charge in [-0.05, 0) is 12.8 Å². The summed E-state index contributed by atoms with van der Waals surface area (Å²) in [6.07, 6.45) is 0.889. The zero-order valence-electron chi connectivity index (χ0n) is 10.9. The van der Waals surface area contributed by atoms with Crippen molar-refractivity contribution in [3.63, 3.8) is 0 Å². The number of nitrogens with one attached hydrogen (secondary N) is 1. The van der Waals surface area contributed by atoms with Crippen molar-refractivity contribution in [1.82, 2.24) is 10.2 Å². The van der Waals surface area contributed by atoms with E-state index in [1.54, 1.807) is 0 Å². The fourth-order valence-electron chi connectivity index (χ4n) is 2.60. The summed E-state index contributed by atoms with van der Waals surface area (Å²) in [6, 6.07) is -0.404. The molecule has 0 aromatic heterocycles. The van der Waals surface area contributed by atoms with Gasteiger partial charge >= 0.3 is 18.0 Å². The standard InChI is InChI=1S/C12H18N2O6/c15-10(16)8-1-3-14(5-9(8)11(17)18)12(19)13-7-2-4-20-6-7/h7-9H,1-6H2,(H,13,19)(H,15,16)(H,17,18). The SMILES string of the molecule is O=C(O)C1CCN(C(=O)NC2CCOC2)CC1C(=O)O. The first-order chi connectivity index (χ1) is 9.49. The number of piperidine rings is 1. The molecule has 2 aliphatic heterocycles. The van der Waals surface area contributed by atoms with Gasteiger partial charge in [-0.1, -0.05) is 0 Å². The summed E-state index contributed by atoms with van der Waals surface area (Å²) in [5, 5.41) is 20.9. The monoisotopic (exact) mass is 286 g/mol. The maximum Gasteiger partial charge on any atom is 0.317 e. The molecule has 0 spiro atoms. The highest BCUT2D eigenvalue weighted by molar-refractivity contribution is 5.82. The Balaban J connectivity index is 1.95. The molecule has 20 heavy (non-hydrogen) atoms. The summed E-state index contributed by atoms with van der Waals surface area (Å²) >= 11 is 0. The summed E-state index contributed by atoms with van der Waals surface area (Å²) in [7, 11) is 0. The van der Waals surface area contributed by atoms with Gasteiger partial charge in [-0.25, -0.2) is 4.79 Å². The van der Waals surface area contributed by atoms with Gasteiger partial charge in [0.05, 0.1) is 24.5 Å². The number of hydrogen-bond donors (Lipinski definition) is 3. The van der Waals surface area contributed by atoms with E-state index in [-0.39, 0.29) is 31.6 Å². The Labute approximate surface area is 115 Å². The van der Waals surface area contributed by atoms with Crippen LogP contribution in [0.25, 0.3) is 0 Å². The van der Waals surface area contributed by atoms with Gasteiger partial charge in [-0.2, -0.15) is 0 Å². The van der Waals surface area contributed by atoms with Crippen LogP contribution in [0.1, 0.15) is 12.8 Å². The molecule has 2 fully saturated rings. The molecular weight excluding hydrogens is 268 g/mol. The number of aliphatic carboxylic acids is 2. The largest absolute Gasteiger partial charge is 0.481 e. The van der Waals surface area contributed by atoms with Gasteiger partial charge in [0.15, 0.2) is 0 Å². The predicted molar refractivity (Wildman–Crippen MR) is 66.2 cm³/mol. The molecule has 2 amide bonds. The lowest BCUT2D eigenvalue weighted by Gasteiger charge is -2.35. The maximum absolute atomic E-state index is 12.0. The number of ether oxygens (including phenoxy) is 1. The van der Waals surface area contributed by atoms with E-state index in [2.05, 4.69) is 5.32 Å². The van der Waals surface area contributed by atoms with Crippen LogP contribution in [0.15, 0.2) is 0 Å². The molecule has 0 radical (unpaired) electrons. The molecule has 0 aliphatic carbocycles. The van der Waals surface area contributed by atoms with Gasteiger partial charge < -0.3 is 25.2 Å². The Morgan fingerprint density at radius 1 is 1.10 bits per heavy atom. The van der Waals surface area contributed by atoms with Gasteiger partial charge in [0.2, 0.25) is 0 Å². The molecule has 0 aromatic rings. The molecule has 112 valence electrons. The second-order valence-electron chi connectivity index (χ2n) is 5.13. The molecule has 3 atom stereocenters. The summed E-state index contributed by atoms with van der Waals surface area (Å²) in [5.74, 6) is -4.31. The van der Waals surface area contributed by atoms with Gasteiger partial charge in [0.25, 0.3) is 0 Å². The van der Waals surface area contributed by atoms with Crippen LogP contribution in [0, 0.1) is 11.8 Å². The van der Waals surface area contributed by atoms with Gasteiger partial charge in [0, 0.05) is 19.7 Å². The van der Waals surface area contributed by atoms with Gasteiger partial charge in [-0.3, -0.25) is 9.59 Å². The van der Waals surface area contributed by atoms with Crippen molar-refractivity contribution in [2.45, 2.75) is 18.9 Å². The highest BCUT2D eigenvalue weighted by Crippen LogP contribution is 2.24. The number of amides is 2. The third-order valence-corrected chi connectivity index (χ3v) is 3.79. The molecule has 2 aliphatic rings.